The number of nitrogens with zero attached hydrogens (tertiary/aromatic N) is 5. The predicted molar refractivity (Wildman–Crippen MR) is 135 cm³/mol. The lowest BCUT2D eigenvalue weighted by molar-refractivity contribution is -0.116. The van der Waals surface area contributed by atoms with Crippen LogP contribution in [0.2, 0.25) is 0 Å². The lowest BCUT2D eigenvalue weighted by Crippen LogP contribution is -2.31. The monoisotopic (exact) mass is 494 g/mol. The summed E-state index contributed by atoms with van der Waals surface area (Å²) in [6.07, 6.45) is 1.65. The summed E-state index contributed by atoms with van der Waals surface area (Å²) in [5.74, 6) is 0.0866. The normalized spacial score (nSPS) is 12.5. The number of benzene rings is 2. The third-order valence-electron chi connectivity index (χ3n) is 6.24. The summed E-state index contributed by atoms with van der Waals surface area (Å²) >= 11 is 0. The van der Waals surface area contributed by atoms with Gasteiger partial charge >= 0.3 is 0 Å². The van der Waals surface area contributed by atoms with Gasteiger partial charge in [0.25, 0.3) is 11.8 Å². The van der Waals surface area contributed by atoms with Gasteiger partial charge in [0.1, 0.15) is 22.9 Å². The average Bonchev–Trinajstić information content (AvgIpc) is 3.42. The molecule has 0 spiro atoms. The molecule has 0 radical (unpaired) electrons. The number of amides is 3. The van der Waals surface area contributed by atoms with Crippen LogP contribution in [0, 0.1) is 18.3 Å². The maximum Gasteiger partial charge on any atom is 0.261 e. The highest BCUT2D eigenvalue weighted by molar-refractivity contribution is 6.21. The maximum atomic E-state index is 12.8. The highest BCUT2D eigenvalue weighted by Crippen LogP contribution is 2.29. The minimum atomic E-state index is -0.384. The number of nitriles is 1. The fraction of sp³-hybridized carbons (Fsp3) is 0.185. The van der Waals surface area contributed by atoms with E-state index in [2.05, 4.69) is 15.4 Å². The molecule has 10 heteroatoms. The Balaban J connectivity index is 1.33. The van der Waals surface area contributed by atoms with Crippen LogP contribution in [0.3, 0.4) is 0 Å². The molecule has 3 heterocycles. The number of aryl methyl sites for hydroxylation is 1. The van der Waals surface area contributed by atoms with Crippen LogP contribution < -0.4 is 10.1 Å². The largest absolute Gasteiger partial charge is 0.494 e. The highest BCUT2D eigenvalue weighted by atomic mass is 16.5. The van der Waals surface area contributed by atoms with Crippen molar-refractivity contribution in [2.45, 2.75) is 19.8 Å². The van der Waals surface area contributed by atoms with Crippen molar-refractivity contribution in [2.75, 3.05) is 19.0 Å². The van der Waals surface area contributed by atoms with Crippen LogP contribution >= 0.6 is 0 Å². The molecule has 1 N–H and O–H groups in total. The number of hydrogen-bond donors (Lipinski definition) is 1. The van der Waals surface area contributed by atoms with Crippen molar-refractivity contribution in [3.63, 3.8) is 0 Å². The Morgan fingerprint density at radius 2 is 1.84 bits per heavy atom. The van der Waals surface area contributed by atoms with Crippen LogP contribution in [0.15, 0.2) is 54.7 Å². The molecule has 4 aromatic rings. The van der Waals surface area contributed by atoms with Gasteiger partial charge in [0, 0.05) is 18.4 Å². The number of nitrogens with one attached hydrogen (secondary N) is 1. The second kappa shape index (κ2) is 9.54. The van der Waals surface area contributed by atoms with Crippen LogP contribution in [0.5, 0.6) is 5.75 Å². The van der Waals surface area contributed by atoms with Crippen molar-refractivity contribution >= 4 is 34.4 Å². The first-order valence-corrected chi connectivity index (χ1v) is 11.6. The fourth-order valence-corrected chi connectivity index (χ4v) is 4.41. The van der Waals surface area contributed by atoms with Gasteiger partial charge in [-0.05, 0) is 43.2 Å². The third-order valence-corrected chi connectivity index (χ3v) is 6.24. The van der Waals surface area contributed by atoms with Gasteiger partial charge in [-0.15, -0.1) is 0 Å². The highest BCUT2D eigenvalue weighted by Gasteiger charge is 2.34. The van der Waals surface area contributed by atoms with Crippen LogP contribution in [-0.2, 0) is 4.79 Å². The van der Waals surface area contributed by atoms with Crippen molar-refractivity contribution < 1.29 is 19.1 Å². The Labute approximate surface area is 212 Å². The molecule has 2 aromatic carbocycles. The molecule has 0 fully saturated rings. The lowest BCUT2D eigenvalue weighted by Gasteiger charge is -2.14. The standard InChI is InChI=1S/C27H22N6O4/c1-16-13-22(30-24-18(16)9-5-10-21(24)37-2)33-25(17(14-28)15-29-33)31-23(34)11-6-12-32-26(35)19-7-3-4-8-20(19)27(32)36/h3-5,7-10,13,15H,6,11-12H2,1-2H3,(H,31,34). The van der Waals surface area contributed by atoms with Gasteiger partial charge in [0.05, 0.1) is 24.4 Å². The molecule has 0 unspecified atom stereocenters. The maximum absolute atomic E-state index is 12.8. The third kappa shape index (κ3) is 4.16. The number of carbonyl (C=O) groups excluding carboxylic acids is 3. The Morgan fingerprint density at radius 1 is 1.11 bits per heavy atom. The smallest absolute Gasteiger partial charge is 0.261 e. The van der Waals surface area contributed by atoms with Crippen LogP contribution in [0.4, 0.5) is 5.82 Å². The first kappa shape index (κ1) is 23.7. The second-order valence-electron chi connectivity index (χ2n) is 8.54. The number of carbonyl (C=O) groups is 3. The second-order valence-corrected chi connectivity index (χ2v) is 8.54. The lowest BCUT2D eigenvalue weighted by atomic mass is 10.1. The Kier molecular flexibility index (Phi) is 6.11. The number of aromatic nitrogens is 3. The summed E-state index contributed by atoms with van der Waals surface area (Å²) in [6.45, 7) is 2.04. The predicted octanol–water partition coefficient (Wildman–Crippen LogP) is 3.62. The van der Waals surface area contributed by atoms with Crippen LogP contribution in [-0.4, -0.2) is 51.0 Å². The Bertz CT molecular complexity index is 1580. The van der Waals surface area contributed by atoms with E-state index < -0.39 is 0 Å². The number of ether oxygens (including phenoxy) is 1. The van der Waals surface area contributed by atoms with Crippen LogP contribution in [0.25, 0.3) is 16.7 Å². The van der Waals surface area contributed by atoms with Crippen molar-refractivity contribution in [2.24, 2.45) is 0 Å². The SMILES string of the molecule is COc1cccc2c(C)cc(-n3ncc(C#N)c3NC(=O)CCCN3C(=O)c4ccccc4C3=O)nc12. The molecule has 0 saturated carbocycles. The summed E-state index contributed by atoms with van der Waals surface area (Å²) in [5, 5.41) is 17.5. The molecule has 0 atom stereocenters. The van der Waals surface area contributed by atoms with Crippen molar-refractivity contribution in [1.82, 2.24) is 19.7 Å². The molecule has 184 valence electrons. The summed E-state index contributed by atoms with van der Waals surface area (Å²) in [4.78, 5) is 43.7. The van der Waals surface area contributed by atoms with E-state index in [0.717, 1.165) is 15.8 Å². The van der Waals surface area contributed by atoms with E-state index in [9.17, 15) is 19.6 Å². The molecular formula is C27H22N6O4. The number of pyridine rings is 1. The molecule has 5 rings (SSSR count). The molecule has 10 nitrogen and oxygen atoms in total. The van der Waals surface area contributed by atoms with Gasteiger partial charge in [-0.1, -0.05) is 24.3 Å². The van der Waals surface area contributed by atoms with Gasteiger partial charge < -0.3 is 10.1 Å². The zero-order chi connectivity index (χ0) is 26.1. The number of imide groups is 1. The molecule has 0 bridgehead atoms. The van der Waals surface area contributed by atoms with E-state index in [1.54, 1.807) is 37.4 Å². The quantitative estimate of drug-likeness (QED) is 0.388. The minimum Gasteiger partial charge on any atom is -0.494 e. The van der Waals surface area contributed by atoms with E-state index in [-0.39, 0.29) is 48.5 Å². The van der Waals surface area contributed by atoms with E-state index in [0.29, 0.717) is 28.2 Å². The average molecular weight is 495 g/mol. The van der Waals surface area contributed by atoms with E-state index in [1.807, 2.05) is 31.2 Å². The zero-order valence-corrected chi connectivity index (χ0v) is 20.2. The van der Waals surface area contributed by atoms with Gasteiger partial charge in [-0.2, -0.15) is 15.0 Å². The van der Waals surface area contributed by atoms with Gasteiger partial charge in [-0.25, -0.2) is 4.98 Å². The number of methoxy groups -OCH3 is 1. The molecule has 2 aromatic heterocycles. The molecule has 0 aliphatic carbocycles. The molecule has 37 heavy (non-hydrogen) atoms. The summed E-state index contributed by atoms with van der Waals surface area (Å²) in [7, 11) is 1.56. The van der Waals surface area contributed by atoms with Crippen molar-refractivity contribution in [3.05, 3.63) is 77.0 Å². The van der Waals surface area contributed by atoms with E-state index in [1.165, 1.54) is 10.9 Å². The number of para-hydroxylation sites is 1. The van der Waals surface area contributed by atoms with E-state index in [4.69, 9.17) is 4.74 Å². The summed E-state index contributed by atoms with van der Waals surface area (Å²) < 4.78 is 6.85. The Morgan fingerprint density at radius 3 is 2.51 bits per heavy atom. The van der Waals surface area contributed by atoms with Crippen LogP contribution in [0.1, 0.15) is 44.7 Å². The minimum absolute atomic E-state index is 0.0292. The molecular weight excluding hydrogens is 472 g/mol. The summed E-state index contributed by atoms with van der Waals surface area (Å²) in [6, 6.07) is 16.1. The molecule has 0 saturated heterocycles. The topological polar surface area (TPSA) is 130 Å². The van der Waals surface area contributed by atoms with Gasteiger partial charge in [0.15, 0.2) is 11.6 Å². The summed E-state index contributed by atoms with van der Waals surface area (Å²) in [5.41, 5.74) is 2.47. The first-order valence-electron chi connectivity index (χ1n) is 11.6. The number of fused-ring (bicyclic) bond motifs is 2. The molecule has 1 aliphatic heterocycles. The van der Waals surface area contributed by atoms with Gasteiger partial charge in [0.2, 0.25) is 5.91 Å². The first-order chi connectivity index (χ1) is 17.9. The number of rotatable bonds is 7. The molecule has 3 amide bonds. The fourth-order valence-electron chi connectivity index (χ4n) is 4.41. The van der Waals surface area contributed by atoms with E-state index >= 15 is 0 Å². The molecule has 1 aliphatic rings. The Hall–Kier alpha value is -5.04. The number of anilines is 1. The van der Waals surface area contributed by atoms with Gasteiger partial charge in [-0.3, -0.25) is 19.3 Å². The van der Waals surface area contributed by atoms with Crippen molar-refractivity contribution in [1.29, 1.82) is 5.26 Å². The van der Waals surface area contributed by atoms with Crippen molar-refractivity contribution in [3.8, 4) is 17.6 Å². The number of hydrogen-bond acceptors (Lipinski definition) is 7. The zero-order valence-electron chi connectivity index (χ0n) is 20.2.